The zero-order chi connectivity index (χ0) is 22.1. The van der Waals surface area contributed by atoms with Gasteiger partial charge in [-0.2, -0.15) is 0 Å². The van der Waals surface area contributed by atoms with Crippen LogP contribution >= 0.6 is 0 Å². The van der Waals surface area contributed by atoms with Gasteiger partial charge in [0.2, 0.25) is 15.8 Å². The maximum Gasteiger partial charge on any atom is 0.361 e. The van der Waals surface area contributed by atoms with Gasteiger partial charge < -0.3 is 15.0 Å². The van der Waals surface area contributed by atoms with E-state index in [0.29, 0.717) is 16.9 Å². The van der Waals surface area contributed by atoms with Crippen molar-refractivity contribution in [3.63, 3.8) is 0 Å². The number of aryl methyl sites for hydroxylation is 1. The number of hydrogen-bond acceptors (Lipinski definition) is 8. The molecule has 30 heavy (non-hydrogen) atoms. The number of primary sulfonamides is 1. The maximum atomic E-state index is 12.6. The molecule has 2 aromatic heterocycles. The highest BCUT2D eigenvalue weighted by Gasteiger charge is 2.20. The first-order chi connectivity index (χ1) is 14.1. The Kier molecular flexibility index (Phi) is 5.67. The lowest BCUT2D eigenvalue weighted by Crippen LogP contribution is -2.17. The van der Waals surface area contributed by atoms with Gasteiger partial charge in [-0.1, -0.05) is 0 Å². The van der Waals surface area contributed by atoms with E-state index in [1.807, 2.05) is 0 Å². The van der Waals surface area contributed by atoms with E-state index in [2.05, 4.69) is 9.97 Å². The number of esters is 1. The zero-order valence-electron chi connectivity index (χ0n) is 16.2. The Balaban J connectivity index is 1.80. The van der Waals surface area contributed by atoms with E-state index in [-0.39, 0.29) is 16.4 Å². The summed E-state index contributed by atoms with van der Waals surface area (Å²) in [5.41, 5.74) is 7.78. The molecule has 10 nitrogen and oxygen atoms in total. The Morgan fingerprint density at radius 3 is 2.33 bits per heavy atom. The first-order valence-electron chi connectivity index (χ1n) is 8.68. The second-order valence-corrected chi connectivity index (χ2v) is 8.01. The summed E-state index contributed by atoms with van der Waals surface area (Å²) in [6.45, 7) is 3.03. The number of sulfonamides is 1. The molecule has 3 rings (SSSR count). The Bertz CT molecular complexity index is 1230. The fourth-order valence-corrected chi connectivity index (χ4v) is 3.53. The molecular weight excluding hydrogens is 410 g/mol. The van der Waals surface area contributed by atoms with E-state index in [1.165, 1.54) is 24.5 Å². The number of nitrogens with two attached hydrogens (primary N) is 2. The minimum atomic E-state index is -3.80. The normalized spacial score (nSPS) is 11.3. The van der Waals surface area contributed by atoms with E-state index >= 15 is 0 Å². The third kappa shape index (κ3) is 4.21. The lowest BCUT2D eigenvalue weighted by molar-refractivity contribution is 0.0469. The predicted molar refractivity (Wildman–Crippen MR) is 108 cm³/mol. The van der Waals surface area contributed by atoms with Crippen LogP contribution in [-0.2, 0) is 14.8 Å². The van der Waals surface area contributed by atoms with Crippen LogP contribution in [-0.4, -0.2) is 41.3 Å². The molecule has 0 atom stereocenters. The van der Waals surface area contributed by atoms with Crippen molar-refractivity contribution in [2.24, 2.45) is 5.14 Å². The lowest BCUT2D eigenvalue weighted by atomic mass is 10.1. The third-order valence-corrected chi connectivity index (χ3v) is 5.34. The maximum absolute atomic E-state index is 12.6. The summed E-state index contributed by atoms with van der Waals surface area (Å²) >= 11 is 0. The fourth-order valence-electron chi connectivity index (χ4n) is 3.01. The molecule has 0 unspecified atom stereocenters. The van der Waals surface area contributed by atoms with Gasteiger partial charge in [-0.05, 0) is 44.2 Å². The van der Waals surface area contributed by atoms with E-state index in [0.717, 1.165) is 5.69 Å². The van der Waals surface area contributed by atoms with Crippen LogP contribution in [0, 0.1) is 13.8 Å². The second kappa shape index (κ2) is 8.05. The van der Waals surface area contributed by atoms with Gasteiger partial charge in [0.1, 0.15) is 0 Å². The summed E-state index contributed by atoms with van der Waals surface area (Å²) in [6.07, 6.45) is 2.63. The number of benzene rings is 1. The Hall–Kier alpha value is -3.57. The van der Waals surface area contributed by atoms with Crippen molar-refractivity contribution in [1.29, 1.82) is 0 Å². The average Bonchev–Trinajstić information content (AvgIpc) is 3.00. The van der Waals surface area contributed by atoms with Crippen molar-refractivity contribution < 1.29 is 22.7 Å². The number of hydrogen-bond donors (Lipinski definition) is 2. The van der Waals surface area contributed by atoms with Crippen LogP contribution in [0.4, 0.5) is 5.82 Å². The van der Waals surface area contributed by atoms with Crippen LogP contribution < -0.4 is 10.9 Å². The summed E-state index contributed by atoms with van der Waals surface area (Å²) in [5.74, 6) is -1.34. The molecule has 0 radical (unpaired) electrons. The third-order valence-electron chi connectivity index (χ3n) is 4.41. The summed E-state index contributed by atoms with van der Waals surface area (Å²) in [7, 11) is -3.80. The van der Waals surface area contributed by atoms with Crippen LogP contribution in [0.5, 0.6) is 0 Å². The van der Waals surface area contributed by atoms with Crippen molar-refractivity contribution >= 4 is 27.6 Å². The molecule has 0 amide bonds. The number of nitrogen functional groups attached to an aromatic ring is 1. The van der Waals surface area contributed by atoms with Crippen LogP contribution in [0.3, 0.4) is 0 Å². The van der Waals surface area contributed by atoms with Crippen LogP contribution in [0.25, 0.3) is 5.69 Å². The average molecular weight is 429 g/mol. The Morgan fingerprint density at radius 1 is 1.10 bits per heavy atom. The zero-order valence-corrected chi connectivity index (χ0v) is 17.0. The van der Waals surface area contributed by atoms with Crippen LogP contribution in [0.15, 0.2) is 47.6 Å². The molecule has 2 heterocycles. The first-order valence-corrected chi connectivity index (χ1v) is 10.2. The summed E-state index contributed by atoms with van der Waals surface area (Å²) in [6, 6.07) is 7.61. The van der Waals surface area contributed by atoms with Crippen molar-refractivity contribution in [2.45, 2.75) is 18.7 Å². The number of aromatic nitrogens is 3. The Labute approximate surface area is 172 Å². The highest BCUT2D eigenvalue weighted by atomic mass is 32.2. The number of carbonyl (C=O) groups excluding carboxylic acids is 2. The van der Waals surface area contributed by atoms with E-state index in [9.17, 15) is 18.0 Å². The van der Waals surface area contributed by atoms with Crippen molar-refractivity contribution in [1.82, 2.24) is 14.5 Å². The summed E-state index contributed by atoms with van der Waals surface area (Å²) in [5, 5.41) is 5.12. The largest absolute Gasteiger partial charge is 0.452 e. The fraction of sp³-hybridized carbons (Fsp3) is 0.158. The van der Waals surface area contributed by atoms with E-state index in [4.69, 9.17) is 15.6 Å². The number of ketones is 1. The first kappa shape index (κ1) is 21.1. The van der Waals surface area contributed by atoms with Crippen molar-refractivity contribution in [3.8, 4) is 5.69 Å². The van der Waals surface area contributed by atoms with Crippen molar-refractivity contribution in [3.05, 3.63) is 65.4 Å². The minimum Gasteiger partial charge on any atom is -0.452 e. The van der Waals surface area contributed by atoms with E-state index in [1.54, 1.807) is 36.6 Å². The molecule has 0 aliphatic rings. The number of rotatable bonds is 6. The van der Waals surface area contributed by atoms with Gasteiger partial charge in [0, 0.05) is 35.0 Å². The molecule has 3 aromatic rings. The second-order valence-electron chi connectivity index (χ2n) is 6.45. The van der Waals surface area contributed by atoms with Gasteiger partial charge in [0.25, 0.3) is 0 Å². The monoisotopic (exact) mass is 429 g/mol. The number of nitrogens with zero attached hydrogens (tertiary/aromatic N) is 3. The molecule has 0 spiro atoms. The van der Waals surface area contributed by atoms with Crippen LogP contribution in [0.2, 0.25) is 0 Å². The standard InChI is InChI=1S/C19H19N5O5S/c1-11-9-15(16(25)10-29-19(26)17-18(20)23-8-7-22-17)12(2)24(11)13-3-5-14(6-4-13)30(21,27)28/h3-9H,10H2,1-2H3,(H2,20,23)(H2,21,27,28). The highest BCUT2D eigenvalue weighted by molar-refractivity contribution is 7.89. The van der Waals surface area contributed by atoms with E-state index < -0.39 is 28.4 Å². The van der Waals surface area contributed by atoms with Crippen molar-refractivity contribution in [2.75, 3.05) is 12.3 Å². The van der Waals surface area contributed by atoms with Gasteiger partial charge in [-0.25, -0.2) is 28.3 Å². The topological polar surface area (TPSA) is 160 Å². The molecule has 0 aliphatic heterocycles. The highest BCUT2D eigenvalue weighted by Crippen LogP contribution is 2.22. The quantitative estimate of drug-likeness (QED) is 0.436. The molecule has 0 aliphatic carbocycles. The molecule has 0 saturated carbocycles. The van der Waals surface area contributed by atoms with Gasteiger partial charge in [0.15, 0.2) is 18.1 Å². The predicted octanol–water partition coefficient (Wildman–Crippen LogP) is 1.15. The number of carbonyl (C=O) groups is 2. The number of Topliss-reactive ketones (excluding diaryl/α,β-unsaturated/α-hetero) is 1. The molecule has 0 bridgehead atoms. The molecule has 4 N–H and O–H groups in total. The molecule has 0 saturated heterocycles. The number of anilines is 1. The SMILES string of the molecule is Cc1cc(C(=O)COC(=O)c2nccnc2N)c(C)n1-c1ccc(S(N)(=O)=O)cc1. The minimum absolute atomic E-state index is 0.0137. The molecule has 1 aromatic carbocycles. The lowest BCUT2D eigenvalue weighted by Gasteiger charge is -2.10. The van der Waals surface area contributed by atoms with Gasteiger partial charge in [0.05, 0.1) is 4.90 Å². The van der Waals surface area contributed by atoms with Gasteiger partial charge >= 0.3 is 5.97 Å². The van der Waals surface area contributed by atoms with Crippen LogP contribution in [0.1, 0.15) is 32.2 Å². The Morgan fingerprint density at radius 2 is 1.73 bits per heavy atom. The summed E-state index contributed by atoms with van der Waals surface area (Å²) in [4.78, 5) is 32.2. The smallest absolute Gasteiger partial charge is 0.361 e. The molecule has 156 valence electrons. The summed E-state index contributed by atoms with van der Waals surface area (Å²) < 4.78 is 29.7. The van der Waals surface area contributed by atoms with Gasteiger partial charge in [-0.15, -0.1) is 0 Å². The van der Waals surface area contributed by atoms with Gasteiger partial charge in [-0.3, -0.25) is 4.79 Å². The molecular formula is C19H19N5O5S. The number of ether oxygens (including phenoxy) is 1. The molecule has 11 heteroatoms. The molecule has 0 fully saturated rings.